The standard InChI is InChI=1S/C21H26N2O6S/c1-26-17-4-2-16(3-5-17)19(23-8-10-27-11-9-23)15-22-30(24,25)18-6-7-20-21(14-18)29-13-12-28-20/h2-7,14,19,22H,8-13,15H2,1H3. The molecule has 162 valence electrons. The van der Waals surface area contributed by atoms with E-state index >= 15 is 0 Å². The van der Waals surface area contributed by atoms with Gasteiger partial charge in [0.2, 0.25) is 10.0 Å². The van der Waals surface area contributed by atoms with Crippen LogP contribution in [0, 0.1) is 0 Å². The average molecular weight is 435 g/mol. The van der Waals surface area contributed by atoms with Crippen LogP contribution in [-0.2, 0) is 14.8 Å². The lowest BCUT2D eigenvalue weighted by Gasteiger charge is -2.35. The average Bonchev–Trinajstić information content (AvgIpc) is 2.80. The van der Waals surface area contributed by atoms with Gasteiger partial charge in [-0.1, -0.05) is 12.1 Å². The summed E-state index contributed by atoms with van der Waals surface area (Å²) >= 11 is 0. The molecule has 0 amide bonds. The highest BCUT2D eigenvalue weighted by Crippen LogP contribution is 2.32. The molecule has 2 aliphatic heterocycles. The quantitative estimate of drug-likeness (QED) is 0.711. The van der Waals surface area contributed by atoms with E-state index in [9.17, 15) is 8.42 Å². The van der Waals surface area contributed by atoms with Gasteiger partial charge < -0.3 is 18.9 Å². The van der Waals surface area contributed by atoms with Gasteiger partial charge in [0, 0.05) is 31.7 Å². The van der Waals surface area contributed by atoms with Crippen molar-refractivity contribution in [2.45, 2.75) is 10.9 Å². The molecule has 30 heavy (non-hydrogen) atoms. The van der Waals surface area contributed by atoms with Crippen LogP contribution in [0.5, 0.6) is 17.2 Å². The molecule has 2 aromatic rings. The second kappa shape index (κ2) is 9.22. The van der Waals surface area contributed by atoms with E-state index in [1.165, 1.54) is 12.1 Å². The van der Waals surface area contributed by atoms with Gasteiger partial charge in [-0.15, -0.1) is 0 Å². The first-order valence-electron chi connectivity index (χ1n) is 9.92. The largest absolute Gasteiger partial charge is 0.497 e. The lowest BCUT2D eigenvalue weighted by Crippen LogP contribution is -2.43. The van der Waals surface area contributed by atoms with Gasteiger partial charge in [-0.05, 0) is 29.8 Å². The van der Waals surface area contributed by atoms with Crippen molar-refractivity contribution >= 4 is 10.0 Å². The Hall–Kier alpha value is -2.33. The van der Waals surface area contributed by atoms with Crippen LogP contribution in [-0.4, -0.2) is 66.5 Å². The maximum Gasteiger partial charge on any atom is 0.240 e. The molecule has 1 atom stereocenters. The fraction of sp³-hybridized carbons (Fsp3) is 0.429. The maximum atomic E-state index is 13.0. The van der Waals surface area contributed by atoms with Gasteiger partial charge >= 0.3 is 0 Å². The second-order valence-electron chi connectivity index (χ2n) is 7.09. The van der Waals surface area contributed by atoms with Gasteiger partial charge in [-0.2, -0.15) is 0 Å². The Labute approximate surface area is 176 Å². The first-order valence-corrected chi connectivity index (χ1v) is 11.4. The highest BCUT2D eigenvalue weighted by molar-refractivity contribution is 7.89. The summed E-state index contributed by atoms with van der Waals surface area (Å²) in [5, 5.41) is 0. The molecule has 0 saturated carbocycles. The van der Waals surface area contributed by atoms with Crippen LogP contribution in [0.25, 0.3) is 0 Å². The molecule has 0 bridgehead atoms. The van der Waals surface area contributed by atoms with Gasteiger partial charge in [0.05, 0.1) is 25.2 Å². The van der Waals surface area contributed by atoms with E-state index in [2.05, 4.69) is 9.62 Å². The molecule has 0 aromatic heterocycles. The third-order valence-corrected chi connectivity index (χ3v) is 6.70. The van der Waals surface area contributed by atoms with Crippen LogP contribution in [0.15, 0.2) is 47.4 Å². The predicted octanol–water partition coefficient (Wildman–Crippen LogP) is 1.82. The summed E-state index contributed by atoms with van der Waals surface area (Å²) in [5.74, 6) is 1.77. The topological polar surface area (TPSA) is 86.3 Å². The number of morpholine rings is 1. The van der Waals surface area contributed by atoms with Crippen molar-refractivity contribution in [3.63, 3.8) is 0 Å². The molecule has 2 aromatic carbocycles. The van der Waals surface area contributed by atoms with Crippen LogP contribution < -0.4 is 18.9 Å². The lowest BCUT2D eigenvalue weighted by molar-refractivity contribution is 0.0172. The highest BCUT2D eigenvalue weighted by Gasteiger charge is 2.26. The fourth-order valence-corrected chi connectivity index (χ4v) is 4.69. The Morgan fingerprint density at radius 2 is 1.70 bits per heavy atom. The molecule has 1 saturated heterocycles. The molecule has 1 unspecified atom stereocenters. The summed E-state index contributed by atoms with van der Waals surface area (Å²) in [6.07, 6.45) is 0. The van der Waals surface area contributed by atoms with Crippen molar-refractivity contribution < 1.29 is 27.4 Å². The molecule has 0 aliphatic carbocycles. The molecule has 4 rings (SSSR count). The summed E-state index contributed by atoms with van der Waals surface area (Å²) in [7, 11) is -2.10. The van der Waals surface area contributed by atoms with Crippen LogP contribution >= 0.6 is 0 Å². The highest BCUT2D eigenvalue weighted by atomic mass is 32.2. The number of nitrogens with one attached hydrogen (secondary N) is 1. The minimum Gasteiger partial charge on any atom is -0.497 e. The number of nitrogens with zero attached hydrogens (tertiary/aromatic N) is 1. The van der Waals surface area contributed by atoms with Gasteiger partial charge in [-0.25, -0.2) is 13.1 Å². The second-order valence-corrected chi connectivity index (χ2v) is 8.86. The van der Waals surface area contributed by atoms with E-state index in [-0.39, 0.29) is 17.5 Å². The van der Waals surface area contributed by atoms with Crippen molar-refractivity contribution in [2.24, 2.45) is 0 Å². The van der Waals surface area contributed by atoms with Crippen molar-refractivity contribution in [1.29, 1.82) is 0 Å². The first-order chi connectivity index (χ1) is 14.6. The lowest BCUT2D eigenvalue weighted by atomic mass is 10.0. The molecule has 8 nitrogen and oxygen atoms in total. The number of hydrogen-bond donors (Lipinski definition) is 1. The van der Waals surface area contributed by atoms with E-state index in [1.54, 1.807) is 13.2 Å². The Morgan fingerprint density at radius 3 is 2.40 bits per heavy atom. The number of rotatable bonds is 7. The van der Waals surface area contributed by atoms with E-state index < -0.39 is 10.0 Å². The van der Waals surface area contributed by atoms with Gasteiger partial charge in [0.1, 0.15) is 19.0 Å². The molecule has 0 spiro atoms. The smallest absolute Gasteiger partial charge is 0.240 e. The van der Waals surface area contributed by atoms with Crippen molar-refractivity contribution in [3.8, 4) is 17.2 Å². The van der Waals surface area contributed by atoms with E-state index in [4.69, 9.17) is 18.9 Å². The number of ether oxygens (including phenoxy) is 4. The molecule has 9 heteroatoms. The van der Waals surface area contributed by atoms with E-state index in [0.717, 1.165) is 24.4 Å². The third-order valence-electron chi connectivity index (χ3n) is 5.28. The monoisotopic (exact) mass is 434 g/mol. The van der Waals surface area contributed by atoms with E-state index in [0.29, 0.717) is 37.9 Å². The number of sulfonamides is 1. The summed E-state index contributed by atoms with van der Waals surface area (Å²) in [6, 6.07) is 12.3. The Kier molecular flexibility index (Phi) is 6.43. The molecule has 2 heterocycles. The predicted molar refractivity (Wildman–Crippen MR) is 111 cm³/mol. The van der Waals surface area contributed by atoms with Crippen molar-refractivity contribution in [1.82, 2.24) is 9.62 Å². The molecule has 0 radical (unpaired) electrons. The van der Waals surface area contributed by atoms with Gasteiger partial charge in [0.15, 0.2) is 11.5 Å². The summed E-state index contributed by atoms with van der Waals surface area (Å²) in [6.45, 7) is 3.83. The minimum absolute atomic E-state index is 0.119. The SMILES string of the molecule is COc1ccc(C(CNS(=O)(=O)c2ccc3c(c2)OCCO3)N2CCOCC2)cc1. The molecule has 1 fully saturated rings. The van der Waals surface area contributed by atoms with E-state index in [1.807, 2.05) is 24.3 Å². The number of benzene rings is 2. The Bertz CT molecular complexity index is 958. The zero-order chi connectivity index (χ0) is 21.0. The van der Waals surface area contributed by atoms with Gasteiger partial charge in [-0.3, -0.25) is 4.90 Å². The minimum atomic E-state index is -3.72. The zero-order valence-corrected chi connectivity index (χ0v) is 17.7. The van der Waals surface area contributed by atoms with Crippen LogP contribution in [0.3, 0.4) is 0 Å². The number of methoxy groups -OCH3 is 1. The molecular weight excluding hydrogens is 408 g/mol. The Balaban J connectivity index is 1.53. The van der Waals surface area contributed by atoms with Crippen molar-refractivity contribution in [3.05, 3.63) is 48.0 Å². The number of fused-ring (bicyclic) bond motifs is 1. The van der Waals surface area contributed by atoms with Gasteiger partial charge in [0.25, 0.3) is 0 Å². The van der Waals surface area contributed by atoms with Crippen LogP contribution in [0.2, 0.25) is 0 Å². The zero-order valence-electron chi connectivity index (χ0n) is 16.9. The molecule has 1 N–H and O–H groups in total. The third kappa shape index (κ3) is 4.70. The van der Waals surface area contributed by atoms with Crippen LogP contribution in [0.1, 0.15) is 11.6 Å². The Morgan fingerprint density at radius 1 is 1.00 bits per heavy atom. The molecular formula is C21H26N2O6S. The van der Waals surface area contributed by atoms with Crippen molar-refractivity contribution in [2.75, 3.05) is 53.2 Å². The first kappa shape index (κ1) is 20.9. The summed E-state index contributed by atoms with van der Waals surface area (Å²) in [4.78, 5) is 2.39. The number of hydrogen-bond acceptors (Lipinski definition) is 7. The molecule has 2 aliphatic rings. The van der Waals surface area contributed by atoms with Crippen LogP contribution in [0.4, 0.5) is 0 Å². The normalized spacial score (nSPS) is 18.0. The summed E-state index contributed by atoms with van der Waals surface area (Å²) < 4.78 is 50.4. The fourth-order valence-electron chi connectivity index (χ4n) is 3.64. The maximum absolute atomic E-state index is 13.0. The summed E-state index contributed by atoms with van der Waals surface area (Å²) in [5.41, 5.74) is 1.02.